The zero-order chi connectivity index (χ0) is 13.7. The summed E-state index contributed by atoms with van der Waals surface area (Å²) in [6, 6.07) is -1.93. The molecule has 0 bridgehead atoms. The second kappa shape index (κ2) is 6.24. The number of hydrogen-bond donors (Lipinski definition) is 4. The molecule has 1 heterocycles. The van der Waals surface area contributed by atoms with Crippen LogP contribution in [0.15, 0.2) is 0 Å². The highest BCUT2D eigenvalue weighted by Gasteiger charge is 2.30. The van der Waals surface area contributed by atoms with Gasteiger partial charge in [0.25, 0.3) is 5.24 Å². The lowest BCUT2D eigenvalue weighted by atomic mass is 10.1. The highest BCUT2D eigenvalue weighted by molar-refractivity contribution is 8.14. The van der Waals surface area contributed by atoms with Crippen LogP contribution in [0.3, 0.4) is 0 Å². The number of rotatable bonds is 6. The number of carbonyl (C=O) groups excluding carboxylic acids is 3. The van der Waals surface area contributed by atoms with E-state index in [-0.39, 0.29) is 23.8 Å². The van der Waals surface area contributed by atoms with E-state index < -0.39 is 29.9 Å². The van der Waals surface area contributed by atoms with Crippen LogP contribution in [0, 0.1) is 0 Å². The highest BCUT2D eigenvalue weighted by Crippen LogP contribution is 2.13. The van der Waals surface area contributed by atoms with Gasteiger partial charge in [0, 0.05) is 12.2 Å². The van der Waals surface area contributed by atoms with E-state index in [0.717, 1.165) is 11.8 Å². The summed E-state index contributed by atoms with van der Waals surface area (Å²) in [6.07, 6.45) is -0.215. The van der Waals surface area contributed by atoms with Crippen molar-refractivity contribution in [3.05, 3.63) is 0 Å². The van der Waals surface area contributed by atoms with Crippen LogP contribution in [-0.4, -0.2) is 46.0 Å². The number of hydrogen-bond acceptors (Lipinski definition) is 5. The summed E-state index contributed by atoms with van der Waals surface area (Å²) in [6.45, 7) is 0. The van der Waals surface area contributed by atoms with E-state index in [2.05, 4.69) is 10.6 Å². The van der Waals surface area contributed by atoms with Crippen molar-refractivity contribution in [2.45, 2.75) is 24.9 Å². The van der Waals surface area contributed by atoms with Gasteiger partial charge in [0.2, 0.25) is 11.8 Å². The summed E-state index contributed by atoms with van der Waals surface area (Å²) < 4.78 is 0. The molecule has 0 aromatic heterocycles. The van der Waals surface area contributed by atoms with Gasteiger partial charge in [-0.3, -0.25) is 14.4 Å². The Morgan fingerprint density at radius 1 is 1.56 bits per heavy atom. The number of nitrogens with two attached hydrogens (primary N) is 1. The molecule has 0 aliphatic carbocycles. The molecular formula is C9H13N3O5S. The first-order chi connectivity index (χ1) is 8.40. The first-order valence-corrected chi connectivity index (χ1v) is 6.13. The predicted octanol–water partition coefficient (Wildman–Crippen LogP) is -1.35. The van der Waals surface area contributed by atoms with Crippen molar-refractivity contribution >= 4 is 34.8 Å². The topological polar surface area (TPSA) is 139 Å². The van der Waals surface area contributed by atoms with Crippen LogP contribution in [-0.2, 0) is 14.4 Å². The fourth-order valence-electron chi connectivity index (χ4n) is 1.34. The minimum absolute atomic E-state index is 0.0792. The predicted molar refractivity (Wildman–Crippen MR) is 62.8 cm³/mol. The SMILES string of the molecule is NC(=O)CC[C@H](NC(=O)C1CSC(=O)N1)C(=O)O. The average molecular weight is 275 g/mol. The third kappa shape index (κ3) is 4.24. The second-order valence-electron chi connectivity index (χ2n) is 3.70. The molecule has 0 spiro atoms. The molecule has 18 heavy (non-hydrogen) atoms. The van der Waals surface area contributed by atoms with Crippen molar-refractivity contribution in [1.29, 1.82) is 0 Å². The van der Waals surface area contributed by atoms with Gasteiger partial charge >= 0.3 is 5.97 Å². The number of amides is 3. The molecule has 8 nitrogen and oxygen atoms in total. The molecule has 1 aliphatic heterocycles. The van der Waals surface area contributed by atoms with Crippen LogP contribution >= 0.6 is 11.8 Å². The molecule has 2 atom stereocenters. The Morgan fingerprint density at radius 3 is 2.67 bits per heavy atom. The van der Waals surface area contributed by atoms with Crippen molar-refractivity contribution in [2.24, 2.45) is 5.73 Å². The molecular weight excluding hydrogens is 262 g/mol. The van der Waals surface area contributed by atoms with Crippen LogP contribution in [0.5, 0.6) is 0 Å². The standard InChI is InChI=1S/C9H13N3O5S/c10-6(13)2-1-4(8(15)16)11-7(14)5-3-18-9(17)12-5/h4-5H,1-3H2,(H2,10,13)(H,11,14)(H,12,17)(H,15,16)/t4-,5?/m0/s1. The van der Waals surface area contributed by atoms with Crippen molar-refractivity contribution in [2.75, 3.05) is 5.75 Å². The number of nitrogens with one attached hydrogen (secondary N) is 2. The van der Waals surface area contributed by atoms with E-state index in [4.69, 9.17) is 10.8 Å². The van der Waals surface area contributed by atoms with E-state index in [1.807, 2.05) is 0 Å². The molecule has 0 aromatic carbocycles. The van der Waals surface area contributed by atoms with Gasteiger partial charge in [0.15, 0.2) is 0 Å². The number of aliphatic carboxylic acids is 1. The lowest BCUT2D eigenvalue weighted by molar-refractivity contribution is -0.142. The van der Waals surface area contributed by atoms with Crippen LogP contribution in [0.1, 0.15) is 12.8 Å². The van der Waals surface area contributed by atoms with Crippen LogP contribution < -0.4 is 16.4 Å². The first-order valence-electron chi connectivity index (χ1n) is 5.15. The monoisotopic (exact) mass is 275 g/mol. The molecule has 1 rings (SSSR count). The number of primary amides is 1. The van der Waals surface area contributed by atoms with Gasteiger partial charge in [-0.25, -0.2) is 4.79 Å². The molecule has 1 aliphatic rings. The maximum absolute atomic E-state index is 11.6. The molecule has 1 saturated heterocycles. The smallest absolute Gasteiger partial charge is 0.326 e. The lowest BCUT2D eigenvalue weighted by Gasteiger charge is -2.16. The maximum atomic E-state index is 11.6. The molecule has 1 fully saturated rings. The zero-order valence-electron chi connectivity index (χ0n) is 9.34. The Morgan fingerprint density at radius 2 is 2.22 bits per heavy atom. The molecule has 3 amide bonds. The summed E-state index contributed by atoms with van der Waals surface area (Å²) >= 11 is 0.955. The van der Waals surface area contributed by atoms with Gasteiger partial charge < -0.3 is 21.5 Å². The van der Waals surface area contributed by atoms with E-state index in [1.165, 1.54) is 0 Å². The minimum Gasteiger partial charge on any atom is -0.480 e. The number of thioether (sulfide) groups is 1. The van der Waals surface area contributed by atoms with Crippen molar-refractivity contribution in [1.82, 2.24) is 10.6 Å². The van der Waals surface area contributed by atoms with Crippen molar-refractivity contribution in [3.8, 4) is 0 Å². The van der Waals surface area contributed by atoms with Crippen LogP contribution in [0.25, 0.3) is 0 Å². The summed E-state index contributed by atoms with van der Waals surface area (Å²) in [5, 5.41) is 13.2. The molecule has 0 aromatic rings. The quantitative estimate of drug-likeness (QED) is 0.472. The number of carboxylic acid groups (broad SMARTS) is 1. The third-order valence-corrected chi connectivity index (χ3v) is 3.16. The molecule has 1 unspecified atom stereocenters. The molecule has 9 heteroatoms. The van der Waals surface area contributed by atoms with E-state index in [0.29, 0.717) is 0 Å². The summed E-state index contributed by atoms with van der Waals surface area (Å²) in [7, 11) is 0. The summed E-state index contributed by atoms with van der Waals surface area (Å²) in [5.41, 5.74) is 4.91. The van der Waals surface area contributed by atoms with Gasteiger partial charge in [0.05, 0.1) is 0 Å². The average Bonchev–Trinajstić information content (AvgIpc) is 2.70. The zero-order valence-corrected chi connectivity index (χ0v) is 10.2. The fourth-order valence-corrected chi connectivity index (χ4v) is 2.12. The van der Waals surface area contributed by atoms with E-state index >= 15 is 0 Å². The summed E-state index contributed by atoms with van der Waals surface area (Å²) in [5.74, 6) is -2.21. The van der Waals surface area contributed by atoms with Crippen molar-refractivity contribution in [3.63, 3.8) is 0 Å². The molecule has 5 N–H and O–H groups in total. The minimum atomic E-state index is -1.25. The van der Waals surface area contributed by atoms with Crippen molar-refractivity contribution < 1.29 is 24.3 Å². The Balaban J connectivity index is 2.49. The second-order valence-corrected chi connectivity index (χ2v) is 4.69. The fraction of sp³-hybridized carbons (Fsp3) is 0.556. The van der Waals surface area contributed by atoms with E-state index in [1.54, 1.807) is 0 Å². The summed E-state index contributed by atoms with van der Waals surface area (Å²) in [4.78, 5) is 44.0. The Bertz CT molecular complexity index is 386. The van der Waals surface area contributed by atoms with E-state index in [9.17, 15) is 19.2 Å². The van der Waals surface area contributed by atoms with Gasteiger partial charge in [-0.1, -0.05) is 11.8 Å². The normalized spacial score (nSPS) is 20.0. The van der Waals surface area contributed by atoms with Gasteiger partial charge in [-0.15, -0.1) is 0 Å². The first kappa shape index (κ1) is 14.3. The van der Waals surface area contributed by atoms with Crippen LogP contribution in [0.4, 0.5) is 4.79 Å². The van der Waals surface area contributed by atoms with Gasteiger partial charge in [-0.2, -0.15) is 0 Å². The van der Waals surface area contributed by atoms with Gasteiger partial charge in [0.1, 0.15) is 12.1 Å². The molecule has 0 radical (unpaired) electrons. The number of carboxylic acids is 1. The van der Waals surface area contributed by atoms with Gasteiger partial charge in [-0.05, 0) is 6.42 Å². The Labute approximate surface area is 107 Å². The Hall–Kier alpha value is -1.77. The number of carbonyl (C=O) groups is 4. The molecule has 100 valence electrons. The maximum Gasteiger partial charge on any atom is 0.326 e. The lowest BCUT2D eigenvalue weighted by Crippen LogP contribution is -2.49. The highest BCUT2D eigenvalue weighted by atomic mass is 32.2. The molecule has 0 saturated carbocycles. The largest absolute Gasteiger partial charge is 0.480 e. The third-order valence-electron chi connectivity index (χ3n) is 2.28. The Kier molecular flexibility index (Phi) is 4.95. The van der Waals surface area contributed by atoms with Crippen LogP contribution in [0.2, 0.25) is 0 Å².